The molecule has 0 bridgehead atoms. The maximum atomic E-state index is 12.8. The molecule has 1 heterocycles. The van der Waals surface area contributed by atoms with Crippen LogP contribution >= 0.6 is 0 Å². The maximum absolute atomic E-state index is 12.8. The Hall–Kier alpha value is -2.61. The van der Waals surface area contributed by atoms with E-state index in [4.69, 9.17) is 5.26 Å². The molecule has 5 heteroatoms. The van der Waals surface area contributed by atoms with E-state index in [0.717, 1.165) is 0 Å². The molecule has 0 aliphatic rings. The van der Waals surface area contributed by atoms with Crippen molar-refractivity contribution in [3.63, 3.8) is 0 Å². The largest absolute Gasteiger partial charge is 0.292 e. The van der Waals surface area contributed by atoms with Gasteiger partial charge in [-0.2, -0.15) is 15.5 Å². The number of Topliss-reactive ketones (excluding diaryl/α,β-unsaturated/α-hetero) is 1. The Bertz CT molecular complexity index is 590. The van der Waals surface area contributed by atoms with Crippen molar-refractivity contribution in [2.75, 3.05) is 0 Å². The molecule has 1 aromatic carbocycles. The van der Waals surface area contributed by atoms with Gasteiger partial charge in [0.25, 0.3) is 0 Å². The Morgan fingerprint density at radius 1 is 1.22 bits per heavy atom. The van der Waals surface area contributed by atoms with Gasteiger partial charge in [0.15, 0.2) is 5.78 Å². The minimum absolute atomic E-state index is 0.291. The molecule has 0 aliphatic carbocycles. The van der Waals surface area contributed by atoms with Crippen molar-refractivity contribution in [3.8, 4) is 6.07 Å². The highest BCUT2D eigenvalue weighted by Crippen LogP contribution is 2.19. The lowest BCUT2D eigenvalue weighted by atomic mass is 9.93. The van der Waals surface area contributed by atoms with Crippen LogP contribution in [0.4, 0.5) is 4.39 Å². The first-order valence-electron chi connectivity index (χ1n) is 5.18. The molecule has 88 valence electrons. The number of benzene rings is 1. The van der Waals surface area contributed by atoms with Crippen LogP contribution in [0.1, 0.15) is 21.8 Å². The van der Waals surface area contributed by atoms with E-state index in [1.807, 2.05) is 6.07 Å². The molecule has 0 saturated heterocycles. The zero-order valence-corrected chi connectivity index (χ0v) is 9.25. The van der Waals surface area contributed by atoms with Gasteiger partial charge in [0.1, 0.15) is 11.7 Å². The molecule has 1 aromatic heterocycles. The average molecular weight is 241 g/mol. The first-order chi connectivity index (χ1) is 8.72. The molecule has 4 nitrogen and oxygen atoms in total. The predicted octanol–water partition coefficient (Wildman–Crippen LogP) is 2.11. The average Bonchev–Trinajstić information content (AvgIpc) is 2.41. The number of hydrogen-bond acceptors (Lipinski definition) is 4. The van der Waals surface area contributed by atoms with Crippen LogP contribution in [0.5, 0.6) is 0 Å². The highest BCUT2D eigenvalue weighted by Gasteiger charge is 2.21. The van der Waals surface area contributed by atoms with E-state index in [1.54, 1.807) is 6.07 Å². The Morgan fingerprint density at radius 3 is 2.50 bits per heavy atom. The summed E-state index contributed by atoms with van der Waals surface area (Å²) in [5, 5.41) is 16.3. The third-order valence-corrected chi connectivity index (χ3v) is 2.46. The molecular formula is C13H8FN3O. The summed E-state index contributed by atoms with van der Waals surface area (Å²) in [5.74, 6) is -1.76. The van der Waals surface area contributed by atoms with E-state index in [0.29, 0.717) is 11.1 Å². The summed E-state index contributed by atoms with van der Waals surface area (Å²) in [4.78, 5) is 12.1. The zero-order chi connectivity index (χ0) is 13.0. The SMILES string of the molecule is N#CC(C(=O)c1ccc(F)cc1)c1ccnnc1. The smallest absolute Gasteiger partial charge is 0.184 e. The second kappa shape index (κ2) is 5.15. The highest BCUT2D eigenvalue weighted by atomic mass is 19.1. The Kier molecular flexibility index (Phi) is 3.39. The van der Waals surface area contributed by atoms with Gasteiger partial charge in [0.05, 0.1) is 12.3 Å². The Labute approximate surface area is 103 Å². The monoisotopic (exact) mass is 241 g/mol. The number of hydrogen-bond donors (Lipinski definition) is 0. The lowest BCUT2D eigenvalue weighted by Crippen LogP contribution is -2.11. The molecule has 18 heavy (non-hydrogen) atoms. The van der Waals surface area contributed by atoms with Gasteiger partial charge < -0.3 is 0 Å². The van der Waals surface area contributed by atoms with Crippen LogP contribution in [0.25, 0.3) is 0 Å². The van der Waals surface area contributed by atoms with E-state index < -0.39 is 11.7 Å². The molecule has 0 spiro atoms. The lowest BCUT2D eigenvalue weighted by Gasteiger charge is -2.07. The molecule has 1 atom stereocenters. The van der Waals surface area contributed by atoms with Crippen molar-refractivity contribution in [1.82, 2.24) is 10.2 Å². The van der Waals surface area contributed by atoms with Gasteiger partial charge in [0.2, 0.25) is 0 Å². The van der Waals surface area contributed by atoms with Crippen LogP contribution in [-0.2, 0) is 0 Å². The fourth-order valence-electron chi connectivity index (χ4n) is 1.54. The van der Waals surface area contributed by atoms with Crippen molar-refractivity contribution in [3.05, 3.63) is 59.7 Å². The molecule has 0 fully saturated rings. The van der Waals surface area contributed by atoms with Gasteiger partial charge in [-0.15, -0.1) is 0 Å². The summed E-state index contributed by atoms with van der Waals surface area (Å²) >= 11 is 0. The van der Waals surface area contributed by atoms with Crippen LogP contribution in [0.15, 0.2) is 42.7 Å². The minimum atomic E-state index is -0.953. The van der Waals surface area contributed by atoms with E-state index in [2.05, 4.69) is 10.2 Å². The van der Waals surface area contributed by atoms with Crippen LogP contribution in [-0.4, -0.2) is 16.0 Å². The fraction of sp³-hybridized carbons (Fsp3) is 0.0769. The van der Waals surface area contributed by atoms with Gasteiger partial charge in [-0.3, -0.25) is 4.79 Å². The van der Waals surface area contributed by atoms with Gasteiger partial charge in [-0.05, 0) is 35.9 Å². The number of carbonyl (C=O) groups is 1. The molecular weight excluding hydrogens is 233 g/mol. The van der Waals surface area contributed by atoms with Crippen molar-refractivity contribution in [1.29, 1.82) is 5.26 Å². The van der Waals surface area contributed by atoms with E-state index in [1.165, 1.54) is 36.7 Å². The summed E-state index contributed by atoms with van der Waals surface area (Å²) in [6, 6.07) is 8.57. The first-order valence-corrected chi connectivity index (χ1v) is 5.18. The van der Waals surface area contributed by atoms with Crippen molar-refractivity contribution in [2.24, 2.45) is 0 Å². The quantitative estimate of drug-likeness (QED) is 0.772. The van der Waals surface area contributed by atoms with Crippen LogP contribution in [0.2, 0.25) is 0 Å². The Balaban J connectivity index is 2.32. The number of rotatable bonds is 3. The minimum Gasteiger partial charge on any atom is -0.292 e. The molecule has 0 amide bonds. The van der Waals surface area contributed by atoms with E-state index >= 15 is 0 Å². The van der Waals surface area contributed by atoms with Crippen molar-refractivity contribution < 1.29 is 9.18 Å². The summed E-state index contributed by atoms with van der Waals surface area (Å²) in [7, 11) is 0. The zero-order valence-electron chi connectivity index (χ0n) is 9.25. The van der Waals surface area contributed by atoms with Crippen molar-refractivity contribution in [2.45, 2.75) is 5.92 Å². The Morgan fingerprint density at radius 2 is 1.94 bits per heavy atom. The summed E-state index contributed by atoms with van der Waals surface area (Å²) in [6.07, 6.45) is 2.78. The summed E-state index contributed by atoms with van der Waals surface area (Å²) < 4.78 is 12.8. The molecule has 1 unspecified atom stereocenters. The highest BCUT2D eigenvalue weighted by molar-refractivity contribution is 6.02. The molecule has 0 aliphatic heterocycles. The van der Waals surface area contributed by atoms with Crippen LogP contribution < -0.4 is 0 Å². The van der Waals surface area contributed by atoms with Gasteiger partial charge in [-0.1, -0.05) is 0 Å². The molecule has 2 aromatic rings. The number of nitrogens with zero attached hydrogens (tertiary/aromatic N) is 3. The number of ketones is 1. The lowest BCUT2D eigenvalue weighted by molar-refractivity contribution is 0.0978. The van der Waals surface area contributed by atoms with E-state index in [-0.39, 0.29) is 5.78 Å². The first kappa shape index (κ1) is 11.9. The molecule has 0 N–H and O–H groups in total. The number of aromatic nitrogens is 2. The summed E-state index contributed by atoms with van der Waals surface area (Å²) in [5.41, 5.74) is 0.765. The molecule has 2 rings (SSSR count). The van der Waals surface area contributed by atoms with Gasteiger partial charge >= 0.3 is 0 Å². The second-order valence-electron chi connectivity index (χ2n) is 3.61. The van der Waals surface area contributed by atoms with Gasteiger partial charge in [-0.25, -0.2) is 4.39 Å². The number of nitriles is 1. The van der Waals surface area contributed by atoms with E-state index in [9.17, 15) is 9.18 Å². The third-order valence-electron chi connectivity index (χ3n) is 2.46. The maximum Gasteiger partial charge on any atom is 0.184 e. The van der Waals surface area contributed by atoms with Gasteiger partial charge in [0, 0.05) is 11.8 Å². The number of carbonyl (C=O) groups excluding carboxylic acids is 1. The van der Waals surface area contributed by atoms with Crippen molar-refractivity contribution >= 4 is 5.78 Å². The molecule has 0 saturated carbocycles. The molecule has 0 radical (unpaired) electrons. The normalized spacial score (nSPS) is 11.6. The summed E-state index contributed by atoms with van der Waals surface area (Å²) in [6.45, 7) is 0. The topological polar surface area (TPSA) is 66.6 Å². The van der Waals surface area contributed by atoms with Crippen LogP contribution in [0, 0.1) is 17.1 Å². The van der Waals surface area contributed by atoms with Crippen LogP contribution in [0.3, 0.4) is 0 Å². The number of halogens is 1. The predicted molar refractivity (Wildman–Crippen MR) is 61.1 cm³/mol. The second-order valence-corrected chi connectivity index (χ2v) is 3.61. The standard InChI is InChI=1S/C13H8FN3O/c14-11-3-1-9(2-4-11)13(18)12(7-15)10-5-6-16-17-8-10/h1-6,8,12H. The fourth-order valence-corrected chi connectivity index (χ4v) is 1.54. The third kappa shape index (κ3) is 2.38.